The first-order valence-electron chi connectivity index (χ1n) is 4.99. The maximum absolute atomic E-state index is 11.1. The van der Waals surface area contributed by atoms with Gasteiger partial charge in [0.1, 0.15) is 16.3 Å². The molecule has 2 aromatic rings. The maximum Gasteiger partial charge on any atom is 0.339 e. The van der Waals surface area contributed by atoms with E-state index in [1.54, 1.807) is 0 Å². The van der Waals surface area contributed by atoms with Crippen LogP contribution >= 0.6 is 34.8 Å². The van der Waals surface area contributed by atoms with Gasteiger partial charge in [-0.25, -0.2) is 9.78 Å². The van der Waals surface area contributed by atoms with Crippen LogP contribution in [0.4, 0.5) is 0 Å². The van der Waals surface area contributed by atoms with Crippen molar-refractivity contribution in [3.05, 3.63) is 51.1 Å². The number of aromatic nitrogens is 1. The molecule has 4 nitrogen and oxygen atoms in total. The smallest absolute Gasteiger partial charge is 0.339 e. The third-order valence-corrected chi connectivity index (χ3v) is 2.87. The number of halogens is 3. The topological polar surface area (TPSA) is 59.4 Å². The Morgan fingerprint density at radius 1 is 1.16 bits per heavy atom. The molecule has 0 unspecified atom stereocenters. The van der Waals surface area contributed by atoms with Crippen molar-refractivity contribution < 1.29 is 14.6 Å². The van der Waals surface area contributed by atoms with Crippen molar-refractivity contribution >= 4 is 40.8 Å². The fraction of sp³-hybridized carbons (Fsp3) is 0. The number of ether oxygens (including phenoxy) is 1. The van der Waals surface area contributed by atoms with E-state index in [2.05, 4.69) is 4.98 Å². The average Bonchev–Trinajstić information content (AvgIpc) is 2.32. The van der Waals surface area contributed by atoms with Gasteiger partial charge in [0.25, 0.3) is 0 Å². The number of carbonyl (C=O) groups is 1. The summed E-state index contributed by atoms with van der Waals surface area (Å²) in [7, 11) is 0. The molecule has 0 atom stereocenters. The van der Waals surface area contributed by atoms with Crippen molar-refractivity contribution in [3.8, 4) is 11.6 Å². The van der Waals surface area contributed by atoms with E-state index in [1.807, 2.05) is 0 Å². The molecule has 0 radical (unpaired) electrons. The second kappa shape index (κ2) is 5.65. The van der Waals surface area contributed by atoms with E-state index in [4.69, 9.17) is 44.6 Å². The van der Waals surface area contributed by atoms with Crippen molar-refractivity contribution in [2.45, 2.75) is 0 Å². The average molecular weight is 319 g/mol. The molecule has 1 aromatic heterocycles. The van der Waals surface area contributed by atoms with Crippen molar-refractivity contribution in [1.29, 1.82) is 0 Å². The fourth-order valence-corrected chi connectivity index (χ4v) is 1.92. The molecule has 0 spiro atoms. The van der Waals surface area contributed by atoms with E-state index in [-0.39, 0.29) is 22.2 Å². The van der Waals surface area contributed by atoms with E-state index in [0.29, 0.717) is 10.0 Å². The summed E-state index contributed by atoms with van der Waals surface area (Å²) in [5.74, 6) is -1.04. The lowest BCUT2D eigenvalue weighted by Crippen LogP contribution is -2.00. The number of benzene rings is 1. The van der Waals surface area contributed by atoms with Gasteiger partial charge >= 0.3 is 5.97 Å². The molecule has 2 rings (SSSR count). The molecule has 0 aliphatic rings. The third-order valence-electron chi connectivity index (χ3n) is 2.15. The SMILES string of the molecule is O=C(O)c1ccc(Cl)cc1Oc1ncc(Cl)cc1Cl. The summed E-state index contributed by atoms with van der Waals surface area (Å²) in [5, 5.41) is 9.91. The third kappa shape index (κ3) is 3.29. The monoisotopic (exact) mass is 317 g/mol. The first kappa shape index (κ1) is 13.9. The Balaban J connectivity index is 2.42. The van der Waals surface area contributed by atoms with E-state index in [9.17, 15) is 4.79 Å². The standard InChI is InChI=1S/C12H6Cl3NO3/c13-6-1-2-8(12(17)18)10(4-6)19-11-9(15)3-7(14)5-16-11/h1-5H,(H,17,18). The van der Waals surface area contributed by atoms with Gasteiger partial charge in [-0.15, -0.1) is 0 Å². The highest BCUT2D eigenvalue weighted by molar-refractivity contribution is 6.35. The van der Waals surface area contributed by atoms with Gasteiger partial charge in [0, 0.05) is 17.3 Å². The van der Waals surface area contributed by atoms with Crippen LogP contribution in [-0.4, -0.2) is 16.1 Å². The Morgan fingerprint density at radius 2 is 1.89 bits per heavy atom. The number of hydrogen-bond donors (Lipinski definition) is 1. The first-order valence-corrected chi connectivity index (χ1v) is 6.12. The molecule has 1 heterocycles. The number of aromatic carboxylic acids is 1. The largest absolute Gasteiger partial charge is 0.478 e. The minimum absolute atomic E-state index is 0.0442. The molecule has 0 aliphatic heterocycles. The van der Waals surface area contributed by atoms with Crippen LogP contribution in [0.15, 0.2) is 30.5 Å². The van der Waals surface area contributed by atoms with Gasteiger partial charge in [-0.3, -0.25) is 0 Å². The van der Waals surface area contributed by atoms with Crippen LogP contribution < -0.4 is 4.74 Å². The lowest BCUT2D eigenvalue weighted by atomic mass is 10.2. The van der Waals surface area contributed by atoms with Crippen LogP contribution in [-0.2, 0) is 0 Å². The Labute approximate surface area is 123 Å². The van der Waals surface area contributed by atoms with E-state index < -0.39 is 5.97 Å². The molecule has 1 N–H and O–H groups in total. The van der Waals surface area contributed by atoms with E-state index >= 15 is 0 Å². The molecule has 1 aromatic carbocycles. The number of carboxylic acid groups (broad SMARTS) is 1. The second-order valence-corrected chi connectivity index (χ2v) is 4.77. The molecule has 0 saturated heterocycles. The zero-order valence-electron chi connectivity index (χ0n) is 9.23. The van der Waals surface area contributed by atoms with Gasteiger partial charge in [0.2, 0.25) is 5.88 Å². The quantitative estimate of drug-likeness (QED) is 0.903. The number of carboxylic acids is 1. The highest BCUT2D eigenvalue weighted by atomic mass is 35.5. The molecular formula is C12H6Cl3NO3. The molecule has 0 saturated carbocycles. The van der Waals surface area contributed by atoms with Crippen LogP contribution in [0.5, 0.6) is 11.6 Å². The summed E-state index contributed by atoms with van der Waals surface area (Å²) in [6.45, 7) is 0. The van der Waals surface area contributed by atoms with Crippen molar-refractivity contribution in [3.63, 3.8) is 0 Å². The highest BCUT2D eigenvalue weighted by Crippen LogP contribution is 2.32. The van der Waals surface area contributed by atoms with Crippen LogP contribution in [0.2, 0.25) is 15.1 Å². The van der Waals surface area contributed by atoms with Crippen LogP contribution in [0.25, 0.3) is 0 Å². The molecule has 0 bridgehead atoms. The van der Waals surface area contributed by atoms with Gasteiger partial charge in [0.15, 0.2) is 0 Å². The van der Waals surface area contributed by atoms with Gasteiger partial charge in [0.05, 0.1) is 5.02 Å². The lowest BCUT2D eigenvalue weighted by Gasteiger charge is -2.09. The Morgan fingerprint density at radius 3 is 2.53 bits per heavy atom. The first-order chi connectivity index (χ1) is 8.97. The second-order valence-electron chi connectivity index (χ2n) is 3.49. The predicted octanol–water partition coefficient (Wildman–Crippen LogP) is 4.53. The summed E-state index contributed by atoms with van der Waals surface area (Å²) >= 11 is 17.4. The lowest BCUT2D eigenvalue weighted by molar-refractivity contribution is 0.0694. The number of rotatable bonds is 3. The summed E-state index contributed by atoms with van der Waals surface area (Å²) in [6, 6.07) is 5.60. The zero-order chi connectivity index (χ0) is 14.0. The van der Waals surface area contributed by atoms with Gasteiger partial charge in [-0.2, -0.15) is 0 Å². The highest BCUT2D eigenvalue weighted by Gasteiger charge is 2.14. The van der Waals surface area contributed by atoms with Crippen molar-refractivity contribution in [2.75, 3.05) is 0 Å². The zero-order valence-corrected chi connectivity index (χ0v) is 11.5. The van der Waals surface area contributed by atoms with Crippen molar-refractivity contribution in [2.24, 2.45) is 0 Å². The number of nitrogens with zero attached hydrogens (tertiary/aromatic N) is 1. The molecule has 0 fully saturated rings. The molecule has 98 valence electrons. The summed E-state index contributed by atoms with van der Waals surface area (Å²) in [4.78, 5) is 14.9. The number of hydrogen-bond acceptors (Lipinski definition) is 3. The van der Waals surface area contributed by atoms with Crippen molar-refractivity contribution in [1.82, 2.24) is 4.98 Å². The summed E-state index contributed by atoms with van der Waals surface area (Å²) in [6.07, 6.45) is 1.34. The van der Waals surface area contributed by atoms with Gasteiger partial charge in [-0.1, -0.05) is 34.8 Å². The summed E-state index contributed by atoms with van der Waals surface area (Å²) in [5.41, 5.74) is -0.0442. The molecule has 19 heavy (non-hydrogen) atoms. The van der Waals surface area contributed by atoms with Gasteiger partial charge in [-0.05, 0) is 18.2 Å². The Kier molecular flexibility index (Phi) is 4.14. The minimum atomic E-state index is -1.14. The molecular weight excluding hydrogens is 312 g/mol. The fourth-order valence-electron chi connectivity index (χ4n) is 1.34. The minimum Gasteiger partial charge on any atom is -0.478 e. The molecule has 0 amide bonds. The van der Waals surface area contributed by atoms with Crippen LogP contribution in [0, 0.1) is 0 Å². The van der Waals surface area contributed by atoms with Crippen LogP contribution in [0.1, 0.15) is 10.4 Å². The summed E-state index contributed by atoms with van der Waals surface area (Å²) < 4.78 is 5.37. The molecule has 7 heteroatoms. The molecule has 0 aliphatic carbocycles. The van der Waals surface area contributed by atoms with E-state index in [1.165, 1.54) is 30.5 Å². The number of pyridine rings is 1. The van der Waals surface area contributed by atoms with Crippen LogP contribution in [0.3, 0.4) is 0 Å². The van der Waals surface area contributed by atoms with Gasteiger partial charge < -0.3 is 9.84 Å². The van der Waals surface area contributed by atoms with E-state index in [0.717, 1.165) is 0 Å². The Hall–Kier alpha value is -1.49. The Bertz CT molecular complexity index is 646. The predicted molar refractivity (Wildman–Crippen MR) is 72.7 cm³/mol. The maximum atomic E-state index is 11.1. The normalized spacial score (nSPS) is 10.3.